The van der Waals surface area contributed by atoms with E-state index in [0.29, 0.717) is 6.42 Å². The molecule has 0 aliphatic heterocycles. The number of Topliss-reactive ketones (excluding diaryl/α,β-unsaturated/α-hetero) is 1. The number of aliphatic hydroxyl groups is 1. The molecule has 0 fully saturated rings. The highest BCUT2D eigenvalue weighted by atomic mass is 32.1. The Kier molecular flexibility index (Phi) is 3.17. The molecule has 13 heavy (non-hydrogen) atoms. The summed E-state index contributed by atoms with van der Waals surface area (Å²) in [4.78, 5) is 16.3. The minimum atomic E-state index is -1.19. The Morgan fingerprint density at radius 2 is 2.46 bits per heavy atom. The van der Waals surface area contributed by atoms with Gasteiger partial charge in [-0.1, -0.05) is 6.92 Å². The molecule has 1 atom stereocenters. The second-order valence-corrected chi connectivity index (χ2v) is 4.17. The molecule has 3 nitrogen and oxygen atoms in total. The van der Waals surface area contributed by atoms with Crippen molar-refractivity contribution in [1.82, 2.24) is 4.98 Å². The highest BCUT2D eigenvalue weighted by Gasteiger charge is 2.27. The van der Waals surface area contributed by atoms with Gasteiger partial charge >= 0.3 is 0 Å². The molecule has 0 radical (unpaired) electrons. The minimum Gasteiger partial charge on any atom is -0.382 e. The molecule has 0 aliphatic rings. The molecule has 1 unspecified atom stereocenters. The fourth-order valence-electron chi connectivity index (χ4n) is 0.875. The molecule has 0 aliphatic carbocycles. The first-order valence-electron chi connectivity index (χ1n) is 4.19. The van der Waals surface area contributed by atoms with Gasteiger partial charge in [0, 0.05) is 17.5 Å². The van der Waals surface area contributed by atoms with Gasteiger partial charge in [-0.05, 0) is 13.3 Å². The van der Waals surface area contributed by atoms with Crippen LogP contribution >= 0.6 is 11.3 Å². The van der Waals surface area contributed by atoms with Crippen LogP contribution in [0.1, 0.15) is 25.1 Å². The third-order valence-corrected chi connectivity index (χ3v) is 2.89. The Hall–Kier alpha value is -0.740. The van der Waals surface area contributed by atoms with Gasteiger partial charge in [-0.2, -0.15) is 0 Å². The molecule has 4 heteroatoms. The van der Waals surface area contributed by atoms with Crippen molar-refractivity contribution in [3.05, 3.63) is 16.6 Å². The number of carbonyl (C=O) groups is 1. The number of hydrogen-bond donors (Lipinski definition) is 1. The number of ketones is 1. The van der Waals surface area contributed by atoms with Gasteiger partial charge in [-0.15, -0.1) is 11.3 Å². The summed E-state index contributed by atoms with van der Waals surface area (Å²) in [6.45, 7) is 3.35. The van der Waals surface area contributed by atoms with E-state index in [4.69, 9.17) is 0 Å². The Bertz CT molecular complexity index is 280. The van der Waals surface area contributed by atoms with Crippen molar-refractivity contribution >= 4 is 17.1 Å². The topological polar surface area (TPSA) is 50.2 Å². The molecule has 0 aromatic carbocycles. The van der Waals surface area contributed by atoms with E-state index < -0.39 is 5.60 Å². The van der Waals surface area contributed by atoms with Crippen LogP contribution in [0, 0.1) is 0 Å². The zero-order valence-corrected chi connectivity index (χ0v) is 8.60. The molecule has 1 rings (SSSR count). The van der Waals surface area contributed by atoms with Crippen molar-refractivity contribution in [2.24, 2.45) is 0 Å². The lowest BCUT2D eigenvalue weighted by Gasteiger charge is -2.18. The lowest BCUT2D eigenvalue weighted by Crippen LogP contribution is -2.35. The van der Waals surface area contributed by atoms with Gasteiger partial charge < -0.3 is 5.11 Å². The first-order chi connectivity index (χ1) is 6.06. The van der Waals surface area contributed by atoms with Crippen LogP contribution in [0.3, 0.4) is 0 Å². The summed E-state index contributed by atoms with van der Waals surface area (Å²) in [5, 5.41) is 9.63. The lowest BCUT2D eigenvalue weighted by atomic mass is 9.95. The van der Waals surface area contributed by atoms with Crippen LogP contribution in [0.2, 0.25) is 0 Å². The maximum absolute atomic E-state index is 11.5. The summed E-state index contributed by atoms with van der Waals surface area (Å²) in [7, 11) is 0. The number of aromatic nitrogens is 1. The fourth-order valence-corrected chi connectivity index (χ4v) is 1.47. The number of hydrogen-bond acceptors (Lipinski definition) is 4. The molecule has 1 heterocycles. The smallest absolute Gasteiger partial charge is 0.169 e. The highest BCUT2D eigenvalue weighted by Crippen LogP contribution is 2.15. The number of rotatable bonds is 4. The van der Waals surface area contributed by atoms with Crippen LogP contribution in [0.5, 0.6) is 0 Å². The lowest BCUT2D eigenvalue weighted by molar-refractivity contribution is -0.135. The molecule has 0 saturated carbocycles. The van der Waals surface area contributed by atoms with Crippen molar-refractivity contribution in [2.75, 3.05) is 0 Å². The first kappa shape index (κ1) is 10.3. The summed E-state index contributed by atoms with van der Waals surface area (Å²) in [6, 6.07) is 0. The van der Waals surface area contributed by atoms with Crippen molar-refractivity contribution < 1.29 is 9.90 Å². The maximum atomic E-state index is 11.5. The Morgan fingerprint density at radius 1 is 1.77 bits per heavy atom. The van der Waals surface area contributed by atoms with Crippen molar-refractivity contribution in [3.63, 3.8) is 0 Å². The predicted molar refractivity (Wildman–Crippen MR) is 51.7 cm³/mol. The number of thiazole rings is 1. The molecule has 0 spiro atoms. The van der Waals surface area contributed by atoms with E-state index in [1.165, 1.54) is 11.3 Å². The molecule has 72 valence electrons. The van der Waals surface area contributed by atoms with Gasteiger partial charge in [0.1, 0.15) is 5.60 Å². The SMILES string of the molecule is CCC(C)(O)C(=O)Cc1cncs1. The molecule has 1 aromatic rings. The van der Waals surface area contributed by atoms with E-state index in [1.807, 2.05) is 0 Å². The Morgan fingerprint density at radius 3 is 2.92 bits per heavy atom. The van der Waals surface area contributed by atoms with Crippen LogP contribution in [-0.4, -0.2) is 21.5 Å². The van der Waals surface area contributed by atoms with Crippen LogP contribution in [0.25, 0.3) is 0 Å². The van der Waals surface area contributed by atoms with Crippen molar-refractivity contribution in [2.45, 2.75) is 32.3 Å². The molecule has 0 saturated heterocycles. The normalized spacial score (nSPS) is 15.3. The first-order valence-corrected chi connectivity index (χ1v) is 5.07. The largest absolute Gasteiger partial charge is 0.382 e. The van der Waals surface area contributed by atoms with Gasteiger partial charge in [0.05, 0.1) is 5.51 Å². The van der Waals surface area contributed by atoms with Crippen molar-refractivity contribution in [3.8, 4) is 0 Å². The molecular formula is C9H13NO2S. The van der Waals surface area contributed by atoms with Crippen LogP contribution in [0.4, 0.5) is 0 Å². The maximum Gasteiger partial charge on any atom is 0.169 e. The highest BCUT2D eigenvalue weighted by molar-refractivity contribution is 7.09. The zero-order valence-electron chi connectivity index (χ0n) is 7.78. The second-order valence-electron chi connectivity index (χ2n) is 3.20. The standard InChI is InChI=1S/C9H13NO2S/c1-3-9(2,12)8(11)4-7-5-10-6-13-7/h5-6,12H,3-4H2,1-2H3. The monoisotopic (exact) mass is 199 g/mol. The van der Waals surface area contributed by atoms with Gasteiger partial charge in [0.2, 0.25) is 0 Å². The van der Waals surface area contributed by atoms with Crippen LogP contribution in [0.15, 0.2) is 11.7 Å². The third kappa shape index (κ3) is 2.60. The van der Waals surface area contributed by atoms with E-state index in [1.54, 1.807) is 25.6 Å². The molecule has 1 aromatic heterocycles. The summed E-state index contributed by atoms with van der Waals surface area (Å²) < 4.78 is 0. The van der Waals surface area contributed by atoms with E-state index in [9.17, 15) is 9.90 Å². The molecule has 0 bridgehead atoms. The molecular weight excluding hydrogens is 186 g/mol. The van der Waals surface area contributed by atoms with E-state index in [0.717, 1.165) is 4.88 Å². The van der Waals surface area contributed by atoms with Crippen LogP contribution < -0.4 is 0 Å². The molecule has 0 amide bonds. The Balaban J connectivity index is 2.61. The average Bonchev–Trinajstić information content (AvgIpc) is 2.57. The molecule has 1 N–H and O–H groups in total. The predicted octanol–water partition coefficient (Wildman–Crippen LogP) is 1.42. The summed E-state index contributed by atoms with van der Waals surface area (Å²) in [6.07, 6.45) is 2.39. The van der Waals surface area contributed by atoms with Gasteiger partial charge in [-0.3, -0.25) is 9.78 Å². The summed E-state index contributed by atoms with van der Waals surface area (Å²) in [5.74, 6) is -0.140. The minimum absolute atomic E-state index is 0.140. The third-order valence-electron chi connectivity index (χ3n) is 2.11. The second kappa shape index (κ2) is 3.98. The van der Waals surface area contributed by atoms with Crippen LogP contribution in [-0.2, 0) is 11.2 Å². The average molecular weight is 199 g/mol. The van der Waals surface area contributed by atoms with E-state index in [-0.39, 0.29) is 12.2 Å². The zero-order chi connectivity index (χ0) is 9.90. The van der Waals surface area contributed by atoms with Gasteiger partial charge in [0.15, 0.2) is 5.78 Å². The van der Waals surface area contributed by atoms with Gasteiger partial charge in [0.25, 0.3) is 0 Å². The Labute approximate surface area is 81.4 Å². The summed E-state index contributed by atoms with van der Waals surface area (Å²) >= 11 is 1.43. The quantitative estimate of drug-likeness (QED) is 0.797. The number of nitrogens with zero attached hydrogens (tertiary/aromatic N) is 1. The van der Waals surface area contributed by atoms with E-state index >= 15 is 0 Å². The van der Waals surface area contributed by atoms with Gasteiger partial charge in [-0.25, -0.2) is 0 Å². The van der Waals surface area contributed by atoms with Crippen molar-refractivity contribution in [1.29, 1.82) is 0 Å². The fraction of sp³-hybridized carbons (Fsp3) is 0.556. The van der Waals surface area contributed by atoms with E-state index in [2.05, 4.69) is 4.98 Å². The number of carbonyl (C=O) groups excluding carboxylic acids is 1. The summed E-state index contributed by atoms with van der Waals surface area (Å²) in [5.41, 5.74) is 0.493.